The molecule has 8 aromatic carbocycles. The lowest BCUT2D eigenvalue weighted by Gasteiger charge is -2.26. The van der Waals surface area contributed by atoms with Gasteiger partial charge in [-0.15, -0.1) is 11.3 Å². The van der Waals surface area contributed by atoms with E-state index in [1.807, 2.05) is 140 Å². The highest BCUT2D eigenvalue weighted by atomic mass is 32.1. The minimum absolute atomic E-state index is 0.00641. The highest BCUT2D eigenvalue weighted by Gasteiger charge is 2.18. The number of hydrogen-bond acceptors (Lipinski definition) is 3. The average molecular weight is 679 g/mol. The van der Waals surface area contributed by atoms with Gasteiger partial charge in [-0.3, -0.25) is 0 Å². The molecule has 1 aromatic heterocycles. The van der Waals surface area contributed by atoms with Crippen molar-refractivity contribution in [3.8, 4) is 22.3 Å². The molecule has 242 valence electrons. The lowest BCUT2D eigenvalue weighted by atomic mass is 9.99. The number of hydrogen-bond donors (Lipinski definition) is 0. The van der Waals surface area contributed by atoms with E-state index < -0.39 is 24.2 Å². The summed E-state index contributed by atoms with van der Waals surface area (Å²) in [4.78, 5) is 3.82. The van der Waals surface area contributed by atoms with E-state index in [0.717, 1.165) is 37.2 Å². The average Bonchev–Trinajstić information content (AvgIpc) is 3.66. The van der Waals surface area contributed by atoms with E-state index in [1.165, 1.54) is 0 Å². The van der Waals surface area contributed by atoms with Crippen LogP contribution in [-0.2, 0) is 0 Å². The largest absolute Gasteiger partial charge is 0.311 e. The minimum Gasteiger partial charge on any atom is -0.311 e. The highest BCUT2D eigenvalue weighted by molar-refractivity contribution is 7.26. The number of para-hydroxylation sites is 3. The van der Waals surface area contributed by atoms with Gasteiger partial charge in [0.2, 0.25) is 0 Å². The second-order valence-electron chi connectivity index (χ2n) is 11.9. The molecule has 0 amide bonds. The van der Waals surface area contributed by atoms with Gasteiger partial charge in [-0.2, -0.15) is 0 Å². The van der Waals surface area contributed by atoms with Crippen LogP contribution in [0.2, 0.25) is 0 Å². The van der Waals surface area contributed by atoms with Crippen molar-refractivity contribution in [3.63, 3.8) is 0 Å². The van der Waals surface area contributed by atoms with E-state index in [2.05, 4.69) is 11.0 Å². The fourth-order valence-corrected chi connectivity index (χ4v) is 7.58. The van der Waals surface area contributed by atoms with Gasteiger partial charge in [-0.05, 0) is 95.0 Å². The van der Waals surface area contributed by atoms with Crippen molar-refractivity contribution in [1.29, 1.82) is 0 Å². The predicted molar refractivity (Wildman–Crippen MR) is 220 cm³/mol. The summed E-state index contributed by atoms with van der Waals surface area (Å²) < 4.78 is 76.2. The quantitative estimate of drug-likeness (QED) is 0.158. The zero-order valence-corrected chi connectivity index (χ0v) is 28.1. The number of anilines is 6. The summed E-state index contributed by atoms with van der Waals surface area (Å²) in [5, 5.41) is 2.07. The molecular weight excluding hydrogens is 637 g/mol. The molecule has 0 saturated heterocycles. The minimum atomic E-state index is -0.467. The molecule has 0 aliphatic heterocycles. The predicted octanol–water partition coefficient (Wildman–Crippen LogP) is 14.3. The summed E-state index contributed by atoms with van der Waals surface area (Å²) in [6.45, 7) is 0. The third kappa shape index (κ3) is 5.94. The lowest BCUT2D eigenvalue weighted by Crippen LogP contribution is -2.09. The Morgan fingerprint density at radius 2 is 0.784 bits per heavy atom. The number of benzene rings is 8. The maximum absolute atomic E-state index is 9.42. The Kier molecular flexibility index (Phi) is 6.09. The number of thiophene rings is 1. The first-order valence-corrected chi connectivity index (χ1v) is 17.4. The van der Waals surface area contributed by atoms with E-state index >= 15 is 0 Å². The first-order valence-electron chi connectivity index (χ1n) is 20.6. The van der Waals surface area contributed by atoms with Crippen molar-refractivity contribution in [2.45, 2.75) is 0 Å². The Labute approximate surface area is 314 Å². The van der Waals surface area contributed by atoms with Gasteiger partial charge in [0, 0.05) is 43.9 Å². The standard InChI is InChI=1S/C48H34N2S/c1-4-13-39(14-5-1)49(40-15-6-2-7-16-40)42-31-27-37(28-32-42)35-23-25-36(26-24-35)38-29-33-43(34-30-38)50(41-17-8-3-9-18-41)46-21-12-20-45-44-19-10-11-22-47(44)51-48(45)46/h1-34H/i23D,24D,25D,26D,29D,30D,33D,34D. The fraction of sp³-hybridized carbons (Fsp3) is 0. The summed E-state index contributed by atoms with van der Waals surface area (Å²) >= 11 is 1.58. The molecule has 1 heterocycles. The molecule has 9 aromatic rings. The number of nitrogens with zero attached hydrogens (tertiary/aromatic N) is 2. The maximum atomic E-state index is 9.42. The summed E-state index contributed by atoms with van der Waals surface area (Å²) in [7, 11) is 0. The smallest absolute Gasteiger partial charge is 0.0645 e. The summed E-state index contributed by atoms with van der Waals surface area (Å²) in [5.74, 6) is 0. The molecule has 51 heavy (non-hydrogen) atoms. The van der Waals surface area contributed by atoms with Crippen molar-refractivity contribution >= 4 is 65.6 Å². The van der Waals surface area contributed by atoms with Gasteiger partial charge in [0.15, 0.2) is 0 Å². The summed E-state index contributed by atoms with van der Waals surface area (Å²) in [5.41, 5.74) is 3.96. The van der Waals surface area contributed by atoms with Crippen LogP contribution in [0.1, 0.15) is 11.0 Å². The van der Waals surface area contributed by atoms with Crippen LogP contribution in [0, 0.1) is 0 Å². The van der Waals surface area contributed by atoms with Crippen molar-refractivity contribution in [3.05, 3.63) is 206 Å². The monoisotopic (exact) mass is 678 g/mol. The van der Waals surface area contributed by atoms with Crippen molar-refractivity contribution < 1.29 is 11.0 Å². The second kappa shape index (κ2) is 13.5. The van der Waals surface area contributed by atoms with E-state index in [9.17, 15) is 8.22 Å². The molecule has 0 atom stereocenters. The van der Waals surface area contributed by atoms with Crippen LogP contribution in [0.25, 0.3) is 42.4 Å². The Morgan fingerprint density at radius 3 is 1.37 bits per heavy atom. The van der Waals surface area contributed by atoms with Crippen molar-refractivity contribution in [1.82, 2.24) is 0 Å². The normalized spacial score (nSPS) is 13.3. The zero-order chi connectivity index (χ0) is 40.9. The zero-order valence-electron chi connectivity index (χ0n) is 35.3. The Morgan fingerprint density at radius 1 is 0.333 bits per heavy atom. The molecule has 0 N–H and O–H groups in total. The van der Waals surface area contributed by atoms with E-state index in [4.69, 9.17) is 2.74 Å². The van der Waals surface area contributed by atoms with E-state index in [0.29, 0.717) is 16.9 Å². The molecule has 0 fully saturated rings. The summed E-state index contributed by atoms with van der Waals surface area (Å²) in [6, 6.07) is 46.9. The van der Waals surface area contributed by atoms with Crippen LogP contribution < -0.4 is 9.80 Å². The van der Waals surface area contributed by atoms with Crippen LogP contribution in [-0.4, -0.2) is 0 Å². The number of fused-ring (bicyclic) bond motifs is 3. The van der Waals surface area contributed by atoms with Crippen molar-refractivity contribution in [2.75, 3.05) is 9.80 Å². The molecular formula is C48H34N2S. The molecule has 0 unspecified atom stereocenters. The summed E-state index contributed by atoms with van der Waals surface area (Å²) in [6.07, 6.45) is 0. The van der Waals surface area contributed by atoms with E-state index in [-0.39, 0.29) is 46.5 Å². The highest BCUT2D eigenvalue weighted by Crippen LogP contribution is 2.45. The van der Waals surface area contributed by atoms with Gasteiger partial charge in [-0.25, -0.2) is 0 Å². The van der Waals surface area contributed by atoms with Crippen LogP contribution in [0.5, 0.6) is 0 Å². The molecule has 2 nitrogen and oxygen atoms in total. The van der Waals surface area contributed by atoms with Crippen LogP contribution >= 0.6 is 11.3 Å². The van der Waals surface area contributed by atoms with E-state index in [1.54, 1.807) is 28.4 Å². The van der Waals surface area contributed by atoms with Gasteiger partial charge < -0.3 is 9.80 Å². The Bertz CT molecular complexity index is 2930. The van der Waals surface area contributed by atoms with Gasteiger partial charge in [0.1, 0.15) is 0 Å². The van der Waals surface area contributed by atoms with Gasteiger partial charge in [-0.1, -0.05) is 133 Å². The lowest BCUT2D eigenvalue weighted by molar-refractivity contribution is 1.28. The van der Waals surface area contributed by atoms with Crippen LogP contribution in [0.4, 0.5) is 34.1 Å². The molecule has 0 aliphatic rings. The van der Waals surface area contributed by atoms with Crippen LogP contribution in [0.3, 0.4) is 0 Å². The topological polar surface area (TPSA) is 6.48 Å². The SMILES string of the molecule is [2H]c1c([2H])c(-c2c([2H])c([2H])c(N(c3ccccc3)c3cccc4c3sc3ccccc34)c([2H])c2[2H])c([2H])c([2H])c1-c1ccc(N(c2ccccc2)c2ccccc2)cc1. The molecule has 0 spiro atoms. The molecule has 9 rings (SSSR count). The van der Waals surface area contributed by atoms with Crippen molar-refractivity contribution in [2.24, 2.45) is 0 Å². The van der Waals surface area contributed by atoms with Gasteiger partial charge in [0.25, 0.3) is 0 Å². The number of rotatable bonds is 8. The Balaban J connectivity index is 1.17. The third-order valence-corrected chi connectivity index (χ3v) is 10.0. The molecule has 0 saturated carbocycles. The molecule has 3 heteroatoms. The van der Waals surface area contributed by atoms with Crippen LogP contribution in [0.15, 0.2) is 206 Å². The molecule has 0 radical (unpaired) electrons. The second-order valence-corrected chi connectivity index (χ2v) is 13.0. The molecule has 0 aliphatic carbocycles. The first kappa shape index (κ1) is 23.1. The third-order valence-electron chi connectivity index (χ3n) is 8.79. The fourth-order valence-electron chi connectivity index (χ4n) is 6.38. The Hall–Kier alpha value is -6.42. The molecule has 0 bridgehead atoms. The van der Waals surface area contributed by atoms with Gasteiger partial charge >= 0.3 is 0 Å². The first-order chi connectivity index (χ1) is 28.7. The maximum Gasteiger partial charge on any atom is 0.0645 e. The van der Waals surface area contributed by atoms with Gasteiger partial charge in [0.05, 0.1) is 21.4 Å².